The van der Waals surface area contributed by atoms with E-state index in [2.05, 4.69) is 0 Å². The molecule has 1 N–H and O–H groups in total. The third kappa shape index (κ3) is 4.01. The van der Waals surface area contributed by atoms with Gasteiger partial charge in [-0.05, 0) is 23.6 Å². The van der Waals surface area contributed by atoms with Gasteiger partial charge in [0, 0.05) is 23.4 Å². The van der Waals surface area contributed by atoms with Gasteiger partial charge in [0.2, 0.25) is 0 Å². The minimum Gasteiger partial charge on any atom is -0.550 e. The van der Waals surface area contributed by atoms with Crippen molar-refractivity contribution in [1.82, 2.24) is 0 Å². The molecule has 0 saturated heterocycles. The number of carboxylic acids is 1. The number of carboxylic acid groups (broad SMARTS) is 1. The van der Waals surface area contributed by atoms with Crippen LogP contribution in [0.5, 0.6) is 5.75 Å². The number of benzene rings is 2. The van der Waals surface area contributed by atoms with Crippen molar-refractivity contribution in [3.05, 3.63) is 65.2 Å². The quantitative estimate of drug-likeness (QED) is 0.716. The van der Waals surface area contributed by atoms with Crippen LogP contribution in [0.25, 0.3) is 0 Å². The van der Waals surface area contributed by atoms with E-state index in [1.807, 2.05) is 30.3 Å². The average Bonchev–Trinajstić information content (AvgIpc) is 2.57. The molecule has 0 spiro atoms. The number of carbonyl (C=O) groups excluding carboxylic acids is 1. The Labute approximate surface area is 163 Å². The Kier molecular flexibility index (Phi) is 6.47. The molecule has 2 aromatic rings. The van der Waals surface area contributed by atoms with Gasteiger partial charge in [0.1, 0.15) is 5.75 Å². The average molecular weight is 334 g/mol. The largest absolute Gasteiger partial charge is 1.00 e. The van der Waals surface area contributed by atoms with Crippen LogP contribution in [0.4, 0.5) is 0 Å². The summed E-state index contributed by atoms with van der Waals surface area (Å²) < 4.78 is 5.78. The van der Waals surface area contributed by atoms with Crippen molar-refractivity contribution in [1.29, 1.82) is 0 Å². The maximum atomic E-state index is 11.0. The molecule has 2 aromatic carbocycles. The first kappa shape index (κ1) is 19.0. The van der Waals surface area contributed by atoms with Crippen LogP contribution in [0, 0.1) is 5.92 Å². The van der Waals surface area contributed by atoms with Gasteiger partial charge >= 0.3 is 29.6 Å². The first-order chi connectivity index (χ1) is 11.1. The van der Waals surface area contributed by atoms with Crippen molar-refractivity contribution in [3.8, 4) is 5.75 Å². The summed E-state index contributed by atoms with van der Waals surface area (Å²) in [5, 5.41) is 21.6. The van der Waals surface area contributed by atoms with Gasteiger partial charge in [-0.1, -0.05) is 49.4 Å². The van der Waals surface area contributed by atoms with Gasteiger partial charge in [-0.15, -0.1) is 0 Å². The van der Waals surface area contributed by atoms with Crippen LogP contribution in [0.1, 0.15) is 35.6 Å². The number of aliphatic carboxylic acids is 1. The molecule has 0 aliphatic carbocycles. The predicted molar refractivity (Wildman–Crippen MR) is 84.0 cm³/mol. The van der Waals surface area contributed by atoms with Crippen LogP contribution in [-0.2, 0) is 11.2 Å². The molecular formula is C19H19NaO4. The summed E-state index contributed by atoms with van der Waals surface area (Å²) in [6.07, 6.45) is 0.116. The van der Waals surface area contributed by atoms with E-state index in [1.54, 1.807) is 25.1 Å². The second-order valence-electron chi connectivity index (χ2n) is 6.04. The fraction of sp³-hybridized carbons (Fsp3) is 0.316. The molecule has 24 heavy (non-hydrogen) atoms. The number of fused-ring (bicyclic) bond motifs is 1. The van der Waals surface area contributed by atoms with Crippen LogP contribution in [0.15, 0.2) is 48.5 Å². The first-order valence-corrected chi connectivity index (χ1v) is 7.75. The number of aliphatic hydroxyl groups excluding tert-OH is 1. The van der Waals surface area contributed by atoms with Crippen molar-refractivity contribution in [3.63, 3.8) is 0 Å². The fourth-order valence-corrected chi connectivity index (χ4v) is 2.96. The maximum Gasteiger partial charge on any atom is 1.00 e. The van der Waals surface area contributed by atoms with Gasteiger partial charge in [0.15, 0.2) is 0 Å². The zero-order valence-electron chi connectivity index (χ0n) is 13.9. The van der Waals surface area contributed by atoms with E-state index in [9.17, 15) is 15.0 Å². The molecule has 0 aromatic heterocycles. The fourth-order valence-electron chi connectivity index (χ4n) is 2.96. The van der Waals surface area contributed by atoms with Crippen LogP contribution in [0.2, 0.25) is 0 Å². The second-order valence-corrected chi connectivity index (χ2v) is 6.04. The van der Waals surface area contributed by atoms with E-state index in [-0.39, 0.29) is 35.5 Å². The van der Waals surface area contributed by atoms with Crippen molar-refractivity contribution in [2.75, 3.05) is 6.61 Å². The number of hydrogen-bond donors (Lipinski definition) is 1. The molecule has 3 atom stereocenters. The Balaban J connectivity index is 0.00000208. The Morgan fingerprint density at radius 3 is 2.67 bits per heavy atom. The Bertz CT molecular complexity index is 702. The summed E-state index contributed by atoms with van der Waals surface area (Å²) >= 11 is 0. The molecule has 5 heteroatoms. The van der Waals surface area contributed by atoms with Gasteiger partial charge in [-0.25, -0.2) is 0 Å². The summed E-state index contributed by atoms with van der Waals surface area (Å²) in [7, 11) is 0. The van der Waals surface area contributed by atoms with E-state index in [1.165, 1.54) is 0 Å². The van der Waals surface area contributed by atoms with Crippen molar-refractivity contribution >= 4 is 5.97 Å². The van der Waals surface area contributed by atoms with Crippen LogP contribution in [-0.4, -0.2) is 17.7 Å². The van der Waals surface area contributed by atoms with Crippen molar-refractivity contribution in [2.45, 2.75) is 25.4 Å². The second kappa shape index (κ2) is 8.17. The Morgan fingerprint density at radius 1 is 1.29 bits per heavy atom. The van der Waals surface area contributed by atoms with Gasteiger partial charge in [-0.2, -0.15) is 0 Å². The molecule has 120 valence electrons. The molecule has 1 aliphatic rings. The molecule has 0 bridgehead atoms. The number of carbonyl (C=O) groups is 1. The number of aliphatic hydroxyl groups is 1. The summed E-state index contributed by atoms with van der Waals surface area (Å²) in [5.74, 6) is -1.28. The molecule has 0 saturated carbocycles. The molecule has 3 rings (SSSR count). The zero-order chi connectivity index (χ0) is 16.4. The SMILES string of the molecule is CC(C(=O)[O-])c1ccc2c(c1)OC[C@@H](Cc1ccccc1)[C@@H]2O.[Na+]. The van der Waals surface area contributed by atoms with Gasteiger partial charge < -0.3 is 19.7 Å². The smallest absolute Gasteiger partial charge is 0.550 e. The van der Waals surface area contributed by atoms with Gasteiger partial charge in [-0.3, -0.25) is 0 Å². The third-order valence-electron chi connectivity index (χ3n) is 4.45. The van der Waals surface area contributed by atoms with Crippen molar-refractivity contribution < 1.29 is 49.3 Å². The predicted octanol–water partition coefficient (Wildman–Crippen LogP) is -1.17. The maximum absolute atomic E-state index is 11.0. The zero-order valence-corrected chi connectivity index (χ0v) is 15.9. The van der Waals surface area contributed by atoms with Gasteiger partial charge in [0.05, 0.1) is 12.7 Å². The van der Waals surface area contributed by atoms with E-state index in [0.717, 1.165) is 12.0 Å². The summed E-state index contributed by atoms with van der Waals surface area (Å²) in [6, 6.07) is 15.2. The number of hydrogen-bond acceptors (Lipinski definition) is 4. The van der Waals surface area contributed by atoms with Crippen LogP contribution >= 0.6 is 0 Å². The van der Waals surface area contributed by atoms with E-state index in [4.69, 9.17) is 4.74 Å². The van der Waals surface area contributed by atoms with Crippen molar-refractivity contribution in [2.24, 2.45) is 5.92 Å². The third-order valence-corrected chi connectivity index (χ3v) is 4.45. The van der Waals surface area contributed by atoms with Crippen LogP contribution in [0.3, 0.4) is 0 Å². The molecule has 0 amide bonds. The topological polar surface area (TPSA) is 69.6 Å². The number of rotatable bonds is 4. The Hall–Kier alpha value is -1.33. The summed E-state index contributed by atoms with van der Waals surface area (Å²) in [5.41, 5.74) is 2.50. The summed E-state index contributed by atoms with van der Waals surface area (Å²) in [4.78, 5) is 11.0. The standard InChI is InChI=1S/C19H20O4.Na/c1-12(19(21)22)14-7-8-16-17(10-14)23-11-15(18(16)20)9-13-5-3-2-4-6-13;/h2-8,10,12,15,18,20H,9,11H2,1H3,(H,21,22);/q;+1/p-1/t12?,15-,18+;/m1./s1. The monoisotopic (exact) mass is 334 g/mol. The first-order valence-electron chi connectivity index (χ1n) is 7.75. The Morgan fingerprint density at radius 2 is 2.00 bits per heavy atom. The van der Waals surface area contributed by atoms with Crippen LogP contribution < -0.4 is 39.4 Å². The van der Waals surface area contributed by atoms with E-state index < -0.39 is 18.0 Å². The molecule has 1 heterocycles. The molecule has 1 aliphatic heterocycles. The normalized spacial score (nSPS) is 20.2. The molecule has 0 fully saturated rings. The summed E-state index contributed by atoms with van der Waals surface area (Å²) in [6.45, 7) is 1.99. The van der Waals surface area contributed by atoms with E-state index >= 15 is 0 Å². The molecule has 1 unspecified atom stereocenters. The number of ether oxygens (including phenoxy) is 1. The molecular weight excluding hydrogens is 315 g/mol. The molecule has 0 radical (unpaired) electrons. The minimum absolute atomic E-state index is 0. The molecule has 4 nitrogen and oxygen atoms in total. The minimum atomic E-state index is -1.12. The van der Waals surface area contributed by atoms with Gasteiger partial charge in [0.25, 0.3) is 0 Å². The van der Waals surface area contributed by atoms with E-state index in [0.29, 0.717) is 23.5 Å².